The van der Waals surface area contributed by atoms with Crippen LogP contribution in [-0.4, -0.2) is 32.8 Å². The van der Waals surface area contributed by atoms with Crippen molar-refractivity contribution in [3.63, 3.8) is 0 Å². The predicted molar refractivity (Wildman–Crippen MR) is 109 cm³/mol. The zero-order valence-electron chi connectivity index (χ0n) is 16.0. The van der Waals surface area contributed by atoms with Crippen LogP contribution in [0.1, 0.15) is 16.1 Å². The van der Waals surface area contributed by atoms with Crippen LogP contribution in [0.3, 0.4) is 0 Å². The second-order valence-corrected chi connectivity index (χ2v) is 7.05. The van der Waals surface area contributed by atoms with E-state index in [1.807, 2.05) is 30.3 Å². The lowest BCUT2D eigenvalue weighted by Gasteiger charge is -2.13. The van der Waals surface area contributed by atoms with Crippen molar-refractivity contribution >= 4 is 17.5 Å². The molecule has 150 valence electrons. The van der Waals surface area contributed by atoms with Crippen molar-refractivity contribution in [3.05, 3.63) is 65.1 Å². The minimum Gasteiger partial charge on any atom is -0.497 e. The van der Waals surface area contributed by atoms with Gasteiger partial charge in [0.25, 0.3) is 5.91 Å². The molecule has 1 aromatic heterocycles. The van der Waals surface area contributed by atoms with Crippen molar-refractivity contribution in [1.29, 1.82) is 0 Å². The SMILES string of the molecule is COc1ccc(OC)c(-c2cc(Cl)c3c(c2)CC(CNC(=O)c2ccco2)O3)c1. The van der Waals surface area contributed by atoms with Gasteiger partial charge in [0.05, 0.1) is 32.1 Å². The molecule has 4 rings (SSSR count). The molecular weight excluding hydrogens is 394 g/mol. The summed E-state index contributed by atoms with van der Waals surface area (Å²) in [7, 11) is 3.25. The molecule has 1 aliphatic rings. The number of furan rings is 1. The standard InChI is InChI=1S/C22H20ClNO5/c1-26-15-5-6-19(27-2)17(11-15)13-8-14-9-16(29-21(14)18(23)10-13)12-24-22(25)20-4-3-7-28-20/h3-8,10-11,16H,9,12H2,1-2H3,(H,24,25). The number of benzene rings is 2. The van der Waals surface area contributed by atoms with Crippen LogP contribution in [0.25, 0.3) is 11.1 Å². The molecule has 1 aliphatic heterocycles. The van der Waals surface area contributed by atoms with Gasteiger partial charge in [0.15, 0.2) is 5.76 Å². The Balaban J connectivity index is 1.54. The summed E-state index contributed by atoms with van der Waals surface area (Å²) in [4.78, 5) is 12.1. The highest BCUT2D eigenvalue weighted by Crippen LogP contribution is 2.42. The largest absolute Gasteiger partial charge is 0.497 e. The second-order valence-electron chi connectivity index (χ2n) is 6.64. The highest BCUT2D eigenvalue weighted by molar-refractivity contribution is 6.32. The van der Waals surface area contributed by atoms with Gasteiger partial charge in [-0.15, -0.1) is 0 Å². The van der Waals surface area contributed by atoms with Crippen LogP contribution in [0, 0.1) is 0 Å². The van der Waals surface area contributed by atoms with Gasteiger partial charge in [0.1, 0.15) is 23.4 Å². The first-order chi connectivity index (χ1) is 14.1. The van der Waals surface area contributed by atoms with Crippen LogP contribution in [-0.2, 0) is 6.42 Å². The molecule has 0 saturated heterocycles. The molecule has 7 heteroatoms. The Morgan fingerprint density at radius 1 is 1.21 bits per heavy atom. The van der Waals surface area contributed by atoms with Gasteiger partial charge in [-0.25, -0.2) is 0 Å². The lowest BCUT2D eigenvalue weighted by Crippen LogP contribution is -2.34. The van der Waals surface area contributed by atoms with Crippen LogP contribution < -0.4 is 19.5 Å². The number of fused-ring (bicyclic) bond motifs is 1. The van der Waals surface area contributed by atoms with Crippen LogP contribution >= 0.6 is 11.6 Å². The van der Waals surface area contributed by atoms with Crippen molar-refractivity contribution in [3.8, 4) is 28.4 Å². The molecule has 1 N–H and O–H groups in total. The first-order valence-corrected chi connectivity index (χ1v) is 9.50. The van der Waals surface area contributed by atoms with Crippen LogP contribution in [0.15, 0.2) is 53.1 Å². The van der Waals surface area contributed by atoms with Crippen molar-refractivity contribution in [1.82, 2.24) is 5.32 Å². The van der Waals surface area contributed by atoms with E-state index < -0.39 is 0 Å². The van der Waals surface area contributed by atoms with Gasteiger partial charge in [-0.2, -0.15) is 0 Å². The monoisotopic (exact) mass is 413 g/mol. The maximum atomic E-state index is 12.1. The van der Waals surface area contributed by atoms with Crippen molar-refractivity contribution in [2.24, 2.45) is 0 Å². The molecule has 0 spiro atoms. The van der Waals surface area contributed by atoms with Gasteiger partial charge in [-0.1, -0.05) is 11.6 Å². The molecular formula is C22H20ClNO5. The number of amides is 1. The number of carbonyl (C=O) groups is 1. The second kappa shape index (κ2) is 8.09. The summed E-state index contributed by atoms with van der Waals surface area (Å²) < 4.78 is 21.9. The van der Waals surface area contributed by atoms with E-state index in [1.165, 1.54) is 6.26 Å². The van der Waals surface area contributed by atoms with E-state index in [-0.39, 0.29) is 17.8 Å². The number of hydrogen-bond donors (Lipinski definition) is 1. The van der Waals surface area contributed by atoms with Gasteiger partial charge < -0.3 is 23.9 Å². The molecule has 0 fully saturated rings. The average molecular weight is 414 g/mol. The molecule has 1 atom stereocenters. The smallest absolute Gasteiger partial charge is 0.287 e. The molecule has 29 heavy (non-hydrogen) atoms. The van der Waals surface area contributed by atoms with Crippen molar-refractivity contribution in [2.75, 3.05) is 20.8 Å². The minimum atomic E-state index is -0.276. The van der Waals surface area contributed by atoms with Crippen LogP contribution in [0.5, 0.6) is 17.2 Å². The molecule has 2 heterocycles. The molecule has 1 amide bonds. The number of hydrogen-bond acceptors (Lipinski definition) is 5. The van der Waals surface area contributed by atoms with E-state index in [9.17, 15) is 4.79 Å². The summed E-state index contributed by atoms with van der Waals surface area (Å²) in [6.07, 6.45) is 1.89. The summed E-state index contributed by atoms with van der Waals surface area (Å²) >= 11 is 6.50. The number of rotatable bonds is 6. The van der Waals surface area contributed by atoms with Gasteiger partial charge >= 0.3 is 0 Å². The predicted octanol–water partition coefficient (Wildman–Crippen LogP) is 4.35. The Labute approximate surface area is 173 Å². The fraction of sp³-hybridized carbons (Fsp3) is 0.227. The highest BCUT2D eigenvalue weighted by Gasteiger charge is 2.27. The molecule has 2 aromatic carbocycles. The van der Waals surface area contributed by atoms with E-state index in [1.54, 1.807) is 26.4 Å². The average Bonchev–Trinajstić information content (AvgIpc) is 3.41. The Hall–Kier alpha value is -3.12. The molecule has 0 aliphatic carbocycles. The zero-order valence-corrected chi connectivity index (χ0v) is 16.8. The number of nitrogens with one attached hydrogen (secondary N) is 1. The first-order valence-electron chi connectivity index (χ1n) is 9.12. The third-order valence-electron chi connectivity index (χ3n) is 4.81. The van der Waals surface area contributed by atoms with E-state index in [0.717, 1.165) is 28.2 Å². The number of ether oxygens (including phenoxy) is 3. The topological polar surface area (TPSA) is 69.9 Å². The van der Waals surface area contributed by atoms with Crippen molar-refractivity contribution < 1.29 is 23.4 Å². The highest BCUT2D eigenvalue weighted by atomic mass is 35.5. The van der Waals surface area contributed by atoms with Crippen LogP contribution in [0.2, 0.25) is 5.02 Å². The summed E-state index contributed by atoms with van der Waals surface area (Å²) in [6.45, 7) is 0.350. The van der Waals surface area contributed by atoms with E-state index in [4.69, 9.17) is 30.2 Å². The lowest BCUT2D eigenvalue weighted by molar-refractivity contribution is 0.0906. The quantitative estimate of drug-likeness (QED) is 0.650. The Morgan fingerprint density at radius 3 is 2.79 bits per heavy atom. The third-order valence-corrected chi connectivity index (χ3v) is 5.09. The molecule has 3 aromatic rings. The molecule has 1 unspecified atom stereocenters. The molecule has 0 bridgehead atoms. The summed E-state index contributed by atoms with van der Waals surface area (Å²) in [5.74, 6) is 2.10. The molecule has 0 saturated carbocycles. The van der Waals surface area contributed by atoms with Gasteiger partial charge in [0, 0.05) is 17.5 Å². The minimum absolute atomic E-state index is 0.205. The Bertz CT molecular complexity index is 1030. The summed E-state index contributed by atoms with van der Waals surface area (Å²) in [6, 6.07) is 12.8. The fourth-order valence-corrected chi connectivity index (χ4v) is 3.68. The zero-order chi connectivity index (χ0) is 20.4. The lowest BCUT2D eigenvalue weighted by atomic mass is 9.99. The summed E-state index contributed by atoms with van der Waals surface area (Å²) in [5, 5.41) is 3.34. The van der Waals surface area contributed by atoms with Crippen LogP contribution in [0.4, 0.5) is 0 Å². The van der Waals surface area contributed by atoms with Gasteiger partial charge in [0.2, 0.25) is 0 Å². The molecule has 0 radical (unpaired) electrons. The third kappa shape index (κ3) is 3.89. The van der Waals surface area contributed by atoms with Gasteiger partial charge in [-0.3, -0.25) is 4.79 Å². The van der Waals surface area contributed by atoms with E-state index in [2.05, 4.69) is 5.32 Å². The van der Waals surface area contributed by atoms with Crippen molar-refractivity contribution in [2.45, 2.75) is 12.5 Å². The fourth-order valence-electron chi connectivity index (χ4n) is 3.40. The summed E-state index contributed by atoms with van der Waals surface area (Å²) in [5.41, 5.74) is 2.77. The Morgan fingerprint density at radius 2 is 2.07 bits per heavy atom. The Kier molecular flexibility index (Phi) is 5.36. The first kappa shape index (κ1) is 19.2. The maximum absolute atomic E-state index is 12.1. The maximum Gasteiger partial charge on any atom is 0.287 e. The number of methoxy groups -OCH3 is 2. The normalized spacial score (nSPS) is 14.8. The van der Waals surface area contributed by atoms with E-state index in [0.29, 0.717) is 23.7 Å². The molecule has 6 nitrogen and oxygen atoms in total. The van der Waals surface area contributed by atoms with E-state index >= 15 is 0 Å². The number of halogens is 1. The number of carbonyl (C=O) groups excluding carboxylic acids is 1. The van der Waals surface area contributed by atoms with Gasteiger partial charge in [-0.05, 0) is 48.0 Å².